The van der Waals surface area contributed by atoms with Gasteiger partial charge in [0.15, 0.2) is 6.20 Å². The first-order valence-corrected chi connectivity index (χ1v) is 7.91. The minimum atomic E-state index is 0.693. The van der Waals surface area contributed by atoms with Crippen molar-refractivity contribution in [2.75, 3.05) is 0 Å². The molecule has 2 aromatic heterocycles. The smallest absolute Gasteiger partial charge is 0.212 e. The van der Waals surface area contributed by atoms with Crippen LogP contribution >= 0.6 is 0 Å². The zero-order valence-corrected chi connectivity index (χ0v) is 13.9. The highest BCUT2D eigenvalue weighted by molar-refractivity contribution is 6.09. The highest BCUT2D eigenvalue weighted by atomic mass is 16.3. The zero-order chi connectivity index (χ0) is 16.8. The van der Waals surface area contributed by atoms with E-state index in [0.29, 0.717) is 5.56 Å². The van der Waals surface area contributed by atoms with Crippen LogP contribution < -0.4 is 4.57 Å². The first-order chi connectivity index (χ1) is 11.6. The summed E-state index contributed by atoms with van der Waals surface area (Å²) in [4.78, 5) is 0. The second kappa shape index (κ2) is 5.21. The number of pyridine rings is 1. The van der Waals surface area contributed by atoms with Crippen LogP contribution in [0.2, 0.25) is 0 Å². The van der Waals surface area contributed by atoms with Crippen LogP contribution in [0.5, 0.6) is 0 Å². The van der Waals surface area contributed by atoms with Crippen LogP contribution in [0, 0.1) is 25.2 Å². The number of rotatable bonds is 1. The molecule has 4 aromatic rings. The summed E-state index contributed by atoms with van der Waals surface area (Å²) in [7, 11) is 2.04. The number of fused-ring (bicyclic) bond motifs is 3. The maximum absolute atomic E-state index is 9.58. The monoisotopic (exact) mass is 313 g/mol. The van der Waals surface area contributed by atoms with E-state index in [0.717, 1.165) is 44.3 Å². The van der Waals surface area contributed by atoms with Gasteiger partial charge in [-0.15, -0.1) is 0 Å². The van der Waals surface area contributed by atoms with Gasteiger partial charge in [0, 0.05) is 28.5 Å². The summed E-state index contributed by atoms with van der Waals surface area (Å²) in [5.41, 5.74) is 6.70. The molecule has 0 N–H and O–H groups in total. The fourth-order valence-electron chi connectivity index (χ4n) is 3.34. The molecule has 0 bridgehead atoms. The number of hydrogen-bond acceptors (Lipinski definition) is 2. The molecule has 0 aliphatic heterocycles. The van der Waals surface area contributed by atoms with Gasteiger partial charge in [0.1, 0.15) is 24.3 Å². The molecule has 0 aliphatic carbocycles. The van der Waals surface area contributed by atoms with E-state index in [1.54, 1.807) is 0 Å². The van der Waals surface area contributed by atoms with Crippen LogP contribution in [0.4, 0.5) is 0 Å². The van der Waals surface area contributed by atoms with E-state index in [2.05, 4.69) is 35.8 Å². The second-order valence-electron chi connectivity index (χ2n) is 6.20. The number of aryl methyl sites for hydroxylation is 3. The lowest BCUT2D eigenvalue weighted by Crippen LogP contribution is -2.30. The minimum Gasteiger partial charge on any atom is -0.456 e. The van der Waals surface area contributed by atoms with Crippen molar-refractivity contribution in [3.63, 3.8) is 0 Å². The Morgan fingerprint density at radius 3 is 2.58 bits per heavy atom. The molecule has 0 fully saturated rings. The molecular weight excluding hydrogens is 296 g/mol. The van der Waals surface area contributed by atoms with Crippen LogP contribution in [0.1, 0.15) is 16.7 Å². The number of nitriles is 1. The average molecular weight is 313 g/mol. The largest absolute Gasteiger partial charge is 0.456 e. The van der Waals surface area contributed by atoms with Crippen LogP contribution in [-0.2, 0) is 7.05 Å². The van der Waals surface area contributed by atoms with Gasteiger partial charge in [0.05, 0.1) is 5.56 Å². The molecule has 0 atom stereocenters. The maximum Gasteiger partial charge on any atom is 0.212 e. The van der Waals surface area contributed by atoms with Gasteiger partial charge in [-0.2, -0.15) is 5.26 Å². The van der Waals surface area contributed by atoms with E-state index in [9.17, 15) is 5.26 Å². The van der Waals surface area contributed by atoms with Gasteiger partial charge in [0.25, 0.3) is 0 Å². The van der Waals surface area contributed by atoms with Gasteiger partial charge in [0.2, 0.25) is 5.69 Å². The predicted octanol–water partition coefficient (Wildman–Crippen LogP) is 4.57. The van der Waals surface area contributed by atoms with E-state index >= 15 is 0 Å². The summed E-state index contributed by atoms with van der Waals surface area (Å²) < 4.78 is 8.10. The molecule has 0 saturated carbocycles. The predicted molar refractivity (Wildman–Crippen MR) is 94.5 cm³/mol. The molecular formula is C21H17N2O+. The highest BCUT2D eigenvalue weighted by Crippen LogP contribution is 2.36. The van der Waals surface area contributed by atoms with Gasteiger partial charge in [-0.05, 0) is 49.2 Å². The van der Waals surface area contributed by atoms with Crippen molar-refractivity contribution in [3.8, 4) is 17.3 Å². The third kappa shape index (κ3) is 2.00. The van der Waals surface area contributed by atoms with E-state index in [-0.39, 0.29) is 0 Å². The maximum atomic E-state index is 9.58. The number of aromatic nitrogens is 1. The Balaban J connectivity index is 2.14. The molecule has 0 spiro atoms. The fraction of sp³-hybridized carbons (Fsp3) is 0.143. The molecule has 0 saturated heterocycles. The van der Waals surface area contributed by atoms with Crippen molar-refractivity contribution >= 4 is 21.9 Å². The lowest BCUT2D eigenvalue weighted by Gasteiger charge is -2.05. The van der Waals surface area contributed by atoms with Crippen molar-refractivity contribution in [3.05, 3.63) is 65.4 Å². The van der Waals surface area contributed by atoms with Crippen LogP contribution in [0.3, 0.4) is 0 Å². The van der Waals surface area contributed by atoms with Crippen LogP contribution in [0.25, 0.3) is 33.2 Å². The zero-order valence-electron chi connectivity index (χ0n) is 13.9. The molecule has 4 rings (SSSR count). The van der Waals surface area contributed by atoms with Crippen LogP contribution in [0.15, 0.2) is 53.1 Å². The third-order valence-electron chi connectivity index (χ3n) is 4.63. The Morgan fingerprint density at radius 1 is 1.00 bits per heavy atom. The van der Waals surface area contributed by atoms with Crippen molar-refractivity contribution < 1.29 is 8.98 Å². The van der Waals surface area contributed by atoms with Gasteiger partial charge < -0.3 is 4.42 Å². The third-order valence-corrected chi connectivity index (χ3v) is 4.63. The van der Waals surface area contributed by atoms with Gasteiger partial charge in [-0.3, -0.25) is 0 Å². The first-order valence-electron chi connectivity index (χ1n) is 7.91. The Bertz CT molecular complexity index is 1150. The lowest BCUT2D eigenvalue weighted by molar-refractivity contribution is -0.660. The quantitative estimate of drug-likeness (QED) is 0.483. The van der Waals surface area contributed by atoms with Crippen molar-refractivity contribution in [2.24, 2.45) is 7.05 Å². The van der Waals surface area contributed by atoms with E-state index < -0.39 is 0 Å². The molecule has 0 amide bonds. The molecule has 0 radical (unpaired) electrons. The standard InChI is InChI=1S/C21H17N2O/c1-13-7-8-19-21(17(13)12-22)16-11-15(14(2)10-20(16)24-19)18-6-4-5-9-23(18)3/h4-11H,1-3H3/q+1. The summed E-state index contributed by atoms with van der Waals surface area (Å²) in [6.45, 7) is 4.05. The molecule has 116 valence electrons. The first kappa shape index (κ1) is 14.5. The lowest BCUT2D eigenvalue weighted by atomic mass is 9.98. The van der Waals surface area contributed by atoms with Crippen molar-refractivity contribution in [1.82, 2.24) is 0 Å². The second-order valence-corrected chi connectivity index (χ2v) is 6.20. The van der Waals surface area contributed by atoms with E-state index in [4.69, 9.17) is 4.42 Å². The summed E-state index contributed by atoms with van der Waals surface area (Å²) in [6.07, 6.45) is 2.04. The average Bonchev–Trinajstić information content (AvgIpc) is 2.92. The Hall–Kier alpha value is -3.12. The number of benzene rings is 2. The Morgan fingerprint density at radius 2 is 1.83 bits per heavy atom. The summed E-state index contributed by atoms with van der Waals surface area (Å²) in [5.74, 6) is 0. The molecule has 3 nitrogen and oxygen atoms in total. The Labute approximate surface area is 140 Å². The van der Waals surface area contributed by atoms with Crippen LogP contribution in [-0.4, -0.2) is 0 Å². The topological polar surface area (TPSA) is 40.8 Å². The molecule has 0 aliphatic rings. The van der Waals surface area contributed by atoms with Crippen molar-refractivity contribution in [1.29, 1.82) is 5.26 Å². The molecule has 0 unspecified atom stereocenters. The summed E-state index contributed by atoms with van der Waals surface area (Å²) in [6, 6.07) is 16.6. The number of hydrogen-bond donors (Lipinski definition) is 0. The van der Waals surface area contributed by atoms with E-state index in [1.165, 1.54) is 0 Å². The van der Waals surface area contributed by atoms with Gasteiger partial charge >= 0.3 is 0 Å². The highest BCUT2D eigenvalue weighted by Gasteiger charge is 2.18. The summed E-state index contributed by atoms with van der Waals surface area (Å²) >= 11 is 0. The van der Waals surface area contributed by atoms with Gasteiger partial charge in [-0.1, -0.05) is 6.07 Å². The Kier molecular flexibility index (Phi) is 3.14. The molecule has 24 heavy (non-hydrogen) atoms. The minimum absolute atomic E-state index is 0.693. The molecule has 2 aromatic carbocycles. The normalized spacial score (nSPS) is 11.1. The molecule has 3 heteroatoms. The SMILES string of the molecule is Cc1cc2oc3ccc(C)c(C#N)c3c2cc1-c1cccc[n+]1C. The van der Waals surface area contributed by atoms with Crippen molar-refractivity contribution in [2.45, 2.75) is 13.8 Å². The fourth-order valence-corrected chi connectivity index (χ4v) is 3.34. The van der Waals surface area contributed by atoms with Gasteiger partial charge in [-0.25, -0.2) is 4.57 Å². The number of nitrogens with zero attached hydrogens (tertiary/aromatic N) is 2. The number of furan rings is 1. The van der Waals surface area contributed by atoms with E-state index in [1.807, 2.05) is 44.4 Å². The summed E-state index contributed by atoms with van der Waals surface area (Å²) in [5, 5.41) is 11.5. The molecule has 2 heterocycles.